The van der Waals surface area contributed by atoms with Crippen LogP contribution in [0.25, 0.3) is 0 Å². The van der Waals surface area contributed by atoms with E-state index in [-0.39, 0.29) is 17.5 Å². The number of carbonyl (C=O) groups excluding carboxylic acids is 1. The van der Waals surface area contributed by atoms with Gasteiger partial charge >= 0.3 is 6.03 Å². The van der Waals surface area contributed by atoms with Crippen LogP contribution in [-0.4, -0.2) is 39.8 Å². The number of nitrogens with zero attached hydrogens (tertiary/aromatic N) is 2. The summed E-state index contributed by atoms with van der Waals surface area (Å²) < 4.78 is 1.14. The van der Waals surface area contributed by atoms with E-state index in [2.05, 4.69) is 26.2 Å². The van der Waals surface area contributed by atoms with Crippen LogP contribution in [0.1, 0.15) is 51.4 Å². The molecule has 0 saturated heterocycles. The Kier molecular flexibility index (Phi) is 6.32. The van der Waals surface area contributed by atoms with E-state index >= 15 is 0 Å². The topological polar surface area (TPSA) is 44.7 Å². The second-order valence-electron chi connectivity index (χ2n) is 6.31. The average Bonchev–Trinajstić information content (AvgIpc) is 3.06. The van der Waals surface area contributed by atoms with Crippen molar-refractivity contribution < 1.29 is 4.79 Å². The highest BCUT2D eigenvalue weighted by Gasteiger charge is 2.33. The van der Waals surface area contributed by atoms with Crippen LogP contribution in [-0.2, 0) is 0 Å². The number of nitrogens with one attached hydrogen (secondary N) is 1. The third-order valence-corrected chi connectivity index (χ3v) is 6.93. The maximum atomic E-state index is 13.0. The summed E-state index contributed by atoms with van der Waals surface area (Å²) in [6.45, 7) is 0.807. The first-order valence-corrected chi connectivity index (χ1v) is 10.7. The molecule has 1 saturated carbocycles. The zero-order valence-electron chi connectivity index (χ0n) is 13.2. The zero-order valence-corrected chi connectivity index (χ0v) is 16.4. The van der Waals surface area contributed by atoms with E-state index in [1.165, 1.54) is 6.42 Å². The summed E-state index contributed by atoms with van der Waals surface area (Å²) >= 11 is 11.5. The molecule has 2 aliphatic carbocycles. The summed E-state index contributed by atoms with van der Waals surface area (Å²) in [5, 5.41) is 4.28. The molecule has 7 heteroatoms. The molecule has 23 heavy (non-hydrogen) atoms. The van der Waals surface area contributed by atoms with Crippen LogP contribution in [0.5, 0.6) is 0 Å². The smallest absolute Gasteiger partial charge is 0.310 e. The number of hydrogen-bond acceptors (Lipinski definition) is 3. The van der Waals surface area contributed by atoms with Crippen LogP contribution < -0.4 is 5.32 Å². The van der Waals surface area contributed by atoms with Gasteiger partial charge in [-0.25, -0.2) is 4.79 Å². The first kappa shape index (κ1) is 17.6. The minimum absolute atomic E-state index is 0.0231. The normalized spacial score (nSPS) is 28.5. The Bertz CT molecular complexity index is 517. The molecule has 0 spiro atoms. The molecule has 3 rings (SSSR count). The standard InChI is InChI=1S/C16H23BrClN3OS/c17-13-3-1-2-4-14(13)20-15(22)21(16-19-9-10-23-16)12-7-5-11(18)6-8-12/h11-12H,1-10H2,(H,20,22). The highest BCUT2D eigenvalue weighted by molar-refractivity contribution is 9.11. The Morgan fingerprint density at radius 1 is 1.26 bits per heavy atom. The van der Waals surface area contributed by atoms with E-state index in [9.17, 15) is 4.79 Å². The highest BCUT2D eigenvalue weighted by Crippen LogP contribution is 2.31. The van der Waals surface area contributed by atoms with Gasteiger partial charge in [0.05, 0.1) is 6.54 Å². The van der Waals surface area contributed by atoms with E-state index in [0.717, 1.165) is 72.6 Å². The molecule has 1 fully saturated rings. The van der Waals surface area contributed by atoms with Crippen LogP contribution in [0.15, 0.2) is 15.2 Å². The number of allylic oxidation sites excluding steroid dienone is 2. The van der Waals surface area contributed by atoms with E-state index in [1.807, 2.05) is 4.90 Å². The number of hydrogen-bond donors (Lipinski definition) is 1. The Labute approximate surface area is 155 Å². The van der Waals surface area contributed by atoms with Crippen molar-refractivity contribution in [1.29, 1.82) is 0 Å². The lowest BCUT2D eigenvalue weighted by atomic mass is 9.94. The minimum atomic E-state index is -0.0231. The second-order valence-corrected chi connectivity index (χ2v) is 8.95. The van der Waals surface area contributed by atoms with E-state index in [0.29, 0.717) is 0 Å². The third kappa shape index (κ3) is 4.45. The van der Waals surface area contributed by atoms with Gasteiger partial charge in [0.25, 0.3) is 0 Å². The molecule has 4 nitrogen and oxygen atoms in total. The van der Waals surface area contributed by atoms with Crippen molar-refractivity contribution >= 4 is 50.5 Å². The number of carbonyl (C=O) groups is 1. The van der Waals surface area contributed by atoms with Gasteiger partial charge in [-0.1, -0.05) is 27.7 Å². The van der Waals surface area contributed by atoms with Crippen LogP contribution in [0, 0.1) is 0 Å². The number of urea groups is 1. The van der Waals surface area contributed by atoms with Crippen molar-refractivity contribution in [2.75, 3.05) is 12.3 Å². The molecule has 128 valence electrons. The Hall–Kier alpha value is -0.200. The quantitative estimate of drug-likeness (QED) is 0.650. The summed E-state index contributed by atoms with van der Waals surface area (Å²) in [6, 6.07) is 0.197. The van der Waals surface area contributed by atoms with Gasteiger partial charge in [-0.2, -0.15) is 0 Å². The second kappa shape index (κ2) is 8.26. The highest BCUT2D eigenvalue weighted by atomic mass is 79.9. The van der Waals surface area contributed by atoms with Gasteiger partial charge in [0, 0.05) is 27.4 Å². The zero-order chi connectivity index (χ0) is 16.2. The van der Waals surface area contributed by atoms with E-state index in [1.54, 1.807) is 11.8 Å². The van der Waals surface area contributed by atoms with Crippen molar-refractivity contribution in [3.05, 3.63) is 10.2 Å². The predicted octanol–water partition coefficient (Wildman–Crippen LogP) is 4.83. The van der Waals surface area contributed by atoms with Gasteiger partial charge < -0.3 is 5.32 Å². The van der Waals surface area contributed by atoms with Gasteiger partial charge in [-0.15, -0.1) is 11.6 Å². The van der Waals surface area contributed by atoms with Gasteiger partial charge in [0.15, 0.2) is 5.17 Å². The molecule has 3 aliphatic rings. The third-order valence-electron chi connectivity index (χ3n) is 4.64. The molecule has 0 bridgehead atoms. The van der Waals surface area contributed by atoms with Gasteiger partial charge in [-0.3, -0.25) is 9.89 Å². The first-order chi connectivity index (χ1) is 11.1. The molecule has 0 aromatic rings. The summed E-state index contributed by atoms with van der Waals surface area (Å²) in [5.74, 6) is 0.969. The van der Waals surface area contributed by atoms with Crippen LogP contribution in [0.3, 0.4) is 0 Å². The summed E-state index contributed by atoms with van der Waals surface area (Å²) in [7, 11) is 0. The molecule has 0 radical (unpaired) electrons. The maximum absolute atomic E-state index is 13.0. The van der Waals surface area contributed by atoms with Gasteiger partial charge in [0.2, 0.25) is 0 Å². The average molecular weight is 421 g/mol. The number of thioether (sulfide) groups is 1. The molecule has 0 aromatic heterocycles. The van der Waals surface area contributed by atoms with Crippen molar-refractivity contribution in [2.45, 2.75) is 62.8 Å². The predicted molar refractivity (Wildman–Crippen MR) is 101 cm³/mol. The number of rotatable bonds is 2. The summed E-state index contributed by atoms with van der Waals surface area (Å²) in [6.07, 6.45) is 8.14. The number of amides is 2. The largest absolute Gasteiger partial charge is 0.327 e. The van der Waals surface area contributed by atoms with Crippen molar-refractivity contribution in [3.63, 3.8) is 0 Å². The molecule has 2 amide bonds. The van der Waals surface area contributed by atoms with Gasteiger partial charge in [-0.05, 0) is 51.4 Å². The Morgan fingerprint density at radius 3 is 2.65 bits per heavy atom. The molecule has 1 aliphatic heterocycles. The Balaban J connectivity index is 1.73. The van der Waals surface area contributed by atoms with E-state index in [4.69, 9.17) is 11.6 Å². The molecule has 0 atom stereocenters. The Morgan fingerprint density at radius 2 is 2.00 bits per heavy atom. The lowest BCUT2D eigenvalue weighted by Crippen LogP contribution is -2.49. The summed E-state index contributed by atoms with van der Waals surface area (Å²) in [4.78, 5) is 19.4. The van der Waals surface area contributed by atoms with Crippen molar-refractivity contribution in [2.24, 2.45) is 4.99 Å². The fourth-order valence-electron chi connectivity index (χ4n) is 3.36. The minimum Gasteiger partial charge on any atom is -0.310 e. The number of alkyl halides is 1. The number of aliphatic imine (C=N–C) groups is 1. The van der Waals surface area contributed by atoms with Gasteiger partial charge in [0.1, 0.15) is 0 Å². The van der Waals surface area contributed by atoms with E-state index < -0.39 is 0 Å². The molecular formula is C16H23BrClN3OS. The lowest BCUT2D eigenvalue weighted by molar-refractivity contribution is 0.199. The first-order valence-electron chi connectivity index (χ1n) is 8.44. The SMILES string of the molecule is O=C(NC1=C(Br)CCCC1)N(C1=NCCS1)C1CCC(Cl)CC1. The summed E-state index contributed by atoms with van der Waals surface area (Å²) in [5.41, 5.74) is 1.04. The van der Waals surface area contributed by atoms with Crippen molar-refractivity contribution in [3.8, 4) is 0 Å². The van der Waals surface area contributed by atoms with Crippen LogP contribution in [0.2, 0.25) is 0 Å². The lowest BCUT2D eigenvalue weighted by Gasteiger charge is -2.35. The molecule has 0 aromatic carbocycles. The van der Waals surface area contributed by atoms with Crippen LogP contribution in [0.4, 0.5) is 4.79 Å². The maximum Gasteiger partial charge on any atom is 0.327 e. The fourth-order valence-corrected chi connectivity index (χ4v) is 5.11. The number of halogens is 2. The van der Waals surface area contributed by atoms with Crippen molar-refractivity contribution in [1.82, 2.24) is 10.2 Å². The van der Waals surface area contributed by atoms with Crippen LogP contribution >= 0.6 is 39.3 Å². The molecule has 0 unspecified atom stereocenters. The molecular weight excluding hydrogens is 398 g/mol. The monoisotopic (exact) mass is 419 g/mol. The number of amidine groups is 1. The molecule has 1 N–H and O–H groups in total. The molecule has 1 heterocycles. The fraction of sp³-hybridized carbons (Fsp3) is 0.750.